The Morgan fingerprint density at radius 2 is 0.636 bits per heavy atom. The molecule has 19 aromatic rings. The predicted molar refractivity (Wildman–Crippen MR) is 468 cm³/mol. The standard InChI is InChI=1S/C104H78BN5/c1-103(2,3)73-40-29-39-71(59-73)72-53-56-88-96(60-72)109(101-78(67-31-11-7-12-32-67)46-30-47-79(101)68-33-13-8-14-34-68)98-65-77(108-94-52-28-23-45-84(94)87-63-75(55-58-95(87)108)106-90-48-24-19-41-80(90)81-42-20-25-49-91(81)106)66-99-100(98)105(88)89-57-54-76(107-92-50-26-21-43-82(92)83-44-22-27-51-93(83)107)64-97(89)110(99)102-85(69-35-15-9-16-36-69)61-74(104(4,5)6)62-86(102)70-37-17-10-18-38-70/h7-66H,1-6H3/i21D,22D,23D,26D,27D,28D,43D,44D,45D,50D,51D,52D. The van der Waals surface area contributed by atoms with Gasteiger partial charge in [0.2, 0.25) is 0 Å². The van der Waals surface area contributed by atoms with Crippen LogP contribution >= 0.6 is 0 Å². The number of hydrogen-bond donors (Lipinski definition) is 0. The molecule has 0 spiro atoms. The number of anilines is 6. The average molecular weight is 1420 g/mol. The summed E-state index contributed by atoms with van der Waals surface area (Å²) < 4.78 is 123. The number of benzene rings is 16. The van der Waals surface area contributed by atoms with Crippen molar-refractivity contribution < 1.29 is 16.4 Å². The first-order chi connectivity index (χ1) is 58.9. The van der Waals surface area contributed by atoms with Crippen molar-refractivity contribution in [2.75, 3.05) is 9.80 Å². The highest BCUT2D eigenvalue weighted by atomic mass is 15.2. The smallest absolute Gasteiger partial charge is 0.252 e. The highest BCUT2D eigenvalue weighted by Crippen LogP contribution is 2.55. The van der Waals surface area contributed by atoms with Gasteiger partial charge in [-0.25, -0.2) is 0 Å². The molecular formula is C104H78BN5. The van der Waals surface area contributed by atoms with Gasteiger partial charge in [0, 0.05) is 88.7 Å². The van der Waals surface area contributed by atoms with Crippen LogP contribution in [0.3, 0.4) is 0 Å². The zero-order chi connectivity index (χ0) is 84.1. The van der Waals surface area contributed by atoms with Gasteiger partial charge in [-0.05, 0) is 163 Å². The summed E-state index contributed by atoms with van der Waals surface area (Å²) in [4.78, 5) is 4.79. The monoisotopic (exact) mass is 1420 g/mol. The normalized spacial score (nSPS) is 14.3. The Hall–Kier alpha value is -13.4. The van der Waals surface area contributed by atoms with E-state index in [2.05, 4.69) is 262 Å². The maximum absolute atomic E-state index is 10.5. The van der Waals surface area contributed by atoms with Crippen LogP contribution in [0.5, 0.6) is 0 Å². The molecule has 522 valence electrons. The Morgan fingerprint density at radius 1 is 0.255 bits per heavy atom. The van der Waals surface area contributed by atoms with Crippen LogP contribution in [0.2, 0.25) is 0 Å². The molecule has 0 saturated carbocycles. The van der Waals surface area contributed by atoms with Gasteiger partial charge in [0.15, 0.2) is 0 Å². The zero-order valence-electron chi connectivity index (χ0n) is 73.5. The lowest BCUT2D eigenvalue weighted by molar-refractivity contribution is 0.590. The Kier molecular flexibility index (Phi) is 12.2. The maximum Gasteiger partial charge on any atom is 0.252 e. The van der Waals surface area contributed by atoms with Crippen molar-refractivity contribution in [3.05, 3.63) is 375 Å². The molecular weight excluding hydrogens is 1330 g/mol. The SMILES string of the molecule is [2H]c1c([2H])c([2H])c2c(c1[2H])c1cc(-n3c4ccccc4c4ccccc43)ccc1n2-c1cc2c3c(c1)N(c1c(-c4ccccc4)cc(C(C)(C)C)cc1-c1ccccc1)c1cc(-n4c5c([2H])c([2H])c([2H])c([2H])c5c5c([2H])c([2H])c([2H])c([2H])c54)ccc1B3c1ccc(-c3cccc(C(C)(C)C)c3)cc1N2c1c(-c2ccccc2)cccc1-c1ccccc1. The number of hydrogen-bond acceptors (Lipinski definition) is 2. The molecule has 0 radical (unpaired) electrons. The van der Waals surface area contributed by atoms with Crippen molar-refractivity contribution in [3.8, 4) is 72.7 Å². The molecule has 0 fully saturated rings. The molecule has 5 heterocycles. The van der Waals surface area contributed by atoms with Crippen molar-refractivity contribution in [3.63, 3.8) is 0 Å². The summed E-state index contributed by atoms with van der Waals surface area (Å²) in [7, 11) is 0. The first-order valence-electron chi connectivity index (χ1n) is 43.6. The topological polar surface area (TPSA) is 21.3 Å². The zero-order valence-corrected chi connectivity index (χ0v) is 61.5. The van der Waals surface area contributed by atoms with Crippen molar-refractivity contribution >= 4 is 123 Å². The minimum Gasteiger partial charge on any atom is -0.310 e. The number of fused-ring (bicyclic) bond motifs is 13. The molecule has 0 unspecified atom stereocenters. The number of aromatic nitrogens is 3. The lowest BCUT2D eigenvalue weighted by Crippen LogP contribution is -2.61. The fourth-order valence-electron chi connectivity index (χ4n) is 17.5. The van der Waals surface area contributed by atoms with Crippen LogP contribution in [0.25, 0.3) is 138 Å². The number of rotatable bonds is 10. The molecule has 3 aromatic heterocycles. The van der Waals surface area contributed by atoms with E-state index in [9.17, 15) is 16.4 Å². The molecule has 5 nitrogen and oxygen atoms in total. The molecule has 110 heavy (non-hydrogen) atoms. The van der Waals surface area contributed by atoms with Gasteiger partial charge >= 0.3 is 0 Å². The summed E-state index contributed by atoms with van der Waals surface area (Å²) in [5, 5.41) is 2.93. The molecule has 21 rings (SSSR count). The fourth-order valence-corrected chi connectivity index (χ4v) is 17.5. The highest BCUT2D eigenvalue weighted by Gasteiger charge is 2.46. The first-order valence-corrected chi connectivity index (χ1v) is 37.6. The van der Waals surface area contributed by atoms with Gasteiger partial charge in [-0.1, -0.05) is 314 Å². The van der Waals surface area contributed by atoms with Crippen LogP contribution in [-0.4, -0.2) is 20.4 Å². The molecule has 2 aliphatic heterocycles. The van der Waals surface area contributed by atoms with E-state index in [0.717, 1.165) is 133 Å². The van der Waals surface area contributed by atoms with E-state index in [1.807, 2.05) is 89.5 Å². The second kappa shape index (κ2) is 25.1. The molecule has 0 atom stereocenters. The number of para-hydroxylation sites is 6. The minimum absolute atomic E-state index is 0.0278. The summed E-state index contributed by atoms with van der Waals surface area (Å²) in [6.07, 6.45) is 0. The van der Waals surface area contributed by atoms with Gasteiger partial charge in [-0.3, -0.25) is 0 Å². The van der Waals surface area contributed by atoms with Crippen LogP contribution in [0.4, 0.5) is 34.1 Å². The van der Waals surface area contributed by atoms with Crippen LogP contribution in [0.1, 0.15) is 69.1 Å². The van der Waals surface area contributed by atoms with Crippen molar-refractivity contribution in [2.45, 2.75) is 52.4 Å². The predicted octanol–water partition coefficient (Wildman–Crippen LogP) is 26.0. The molecule has 2 aliphatic rings. The molecule has 0 bridgehead atoms. The van der Waals surface area contributed by atoms with Gasteiger partial charge in [-0.2, -0.15) is 0 Å². The fraction of sp³-hybridized carbons (Fsp3) is 0.0769. The third-order valence-corrected chi connectivity index (χ3v) is 22.7. The number of nitrogens with zero attached hydrogens (tertiary/aromatic N) is 5. The summed E-state index contributed by atoms with van der Waals surface area (Å²) >= 11 is 0. The average Bonchev–Trinajstić information content (AvgIpc) is 1.67. The Labute approximate surface area is 659 Å². The summed E-state index contributed by atoms with van der Waals surface area (Å²) in [6, 6.07) is 96.5. The van der Waals surface area contributed by atoms with E-state index in [-0.39, 0.29) is 50.9 Å². The van der Waals surface area contributed by atoms with Crippen molar-refractivity contribution in [2.24, 2.45) is 0 Å². The van der Waals surface area contributed by atoms with E-state index in [4.69, 9.17) is 0 Å². The van der Waals surface area contributed by atoms with Gasteiger partial charge in [0.05, 0.1) is 66.6 Å². The van der Waals surface area contributed by atoms with E-state index in [0.29, 0.717) is 39.0 Å². The van der Waals surface area contributed by atoms with Crippen LogP contribution in [0, 0.1) is 0 Å². The van der Waals surface area contributed by atoms with Gasteiger partial charge in [0.25, 0.3) is 6.71 Å². The maximum atomic E-state index is 10.5. The quantitative estimate of drug-likeness (QED) is 0.127. The molecule has 0 aliphatic carbocycles. The van der Waals surface area contributed by atoms with E-state index in [1.165, 1.54) is 0 Å². The summed E-state index contributed by atoms with van der Waals surface area (Å²) in [5.41, 5.74) is 22.3. The molecule has 6 heteroatoms. The van der Waals surface area contributed by atoms with Crippen LogP contribution in [0.15, 0.2) is 364 Å². The third-order valence-electron chi connectivity index (χ3n) is 22.7. The van der Waals surface area contributed by atoms with Crippen LogP contribution in [-0.2, 0) is 10.8 Å². The first kappa shape index (κ1) is 53.4. The van der Waals surface area contributed by atoms with Gasteiger partial charge in [-0.15, -0.1) is 0 Å². The van der Waals surface area contributed by atoms with Gasteiger partial charge < -0.3 is 23.5 Å². The lowest BCUT2D eigenvalue weighted by Gasteiger charge is -2.46. The molecule has 16 aromatic carbocycles. The largest absolute Gasteiger partial charge is 0.310 e. The van der Waals surface area contributed by atoms with Crippen LogP contribution < -0.4 is 26.2 Å². The second-order valence-corrected chi connectivity index (χ2v) is 31.1. The van der Waals surface area contributed by atoms with Crippen molar-refractivity contribution in [1.82, 2.24) is 13.7 Å². The Balaban J connectivity index is 0.991. The lowest BCUT2D eigenvalue weighted by atomic mass is 9.33. The minimum atomic E-state index is -0.675. The third kappa shape index (κ3) is 10.2. The summed E-state index contributed by atoms with van der Waals surface area (Å²) in [6.45, 7) is 12.7. The summed E-state index contributed by atoms with van der Waals surface area (Å²) in [5.74, 6) is 0. The Bertz CT molecular complexity index is 7450. The molecule has 0 saturated heterocycles. The van der Waals surface area contributed by atoms with Gasteiger partial charge in [0.1, 0.15) is 0 Å². The van der Waals surface area contributed by atoms with E-state index in [1.54, 1.807) is 4.57 Å². The highest BCUT2D eigenvalue weighted by molar-refractivity contribution is 7.00. The molecule has 0 N–H and O–H groups in total. The van der Waals surface area contributed by atoms with E-state index >= 15 is 0 Å². The van der Waals surface area contributed by atoms with Crippen molar-refractivity contribution in [1.29, 1.82) is 0 Å². The van der Waals surface area contributed by atoms with E-state index < -0.39 is 66.5 Å². The molecule has 0 amide bonds. The second-order valence-electron chi connectivity index (χ2n) is 31.1. The Morgan fingerprint density at radius 3 is 1.16 bits per heavy atom.